The molecule has 2 aromatic carbocycles. The second-order valence-corrected chi connectivity index (χ2v) is 10.3. The van der Waals surface area contributed by atoms with Crippen molar-refractivity contribution in [2.75, 3.05) is 18.8 Å². The summed E-state index contributed by atoms with van der Waals surface area (Å²) in [5.74, 6) is 1.08. The minimum absolute atomic E-state index is 0.0166. The van der Waals surface area contributed by atoms with E-state index in [4.69, 9.17) is 0 Å². The quantitative estimate of drug-likeness (QED) is 0.539. The van der Waals surface area contributed by atoms with E-state index in [2.05, 4.69) is 61.1 Å². The van der Waals surface area contributed by atoms with Gasteiger partial charge in [-0.15, -0.1) is 0 Å². The highest BCUT2D eigenvalue weighted by Crippen LogP contribution is 2.46. The molecule has 2 heterocycles. The molecule has 1 saturated heterocycles. The third kappa shape index (κ3) is 4.55. The van der Waals surface area contributed by atoms with Gasteiger partial charge in [0.15, 0.2) is 5.04 Å². The third-order valence-corrected chi connectivity index (χ3v) is 8.05. The van der Waals surface area contributed by atoms with Crippen molar-refractivity contribution in [1.29, 1.82) is 0 Å². The first-order valence-corrected chi connectivity index (χ1v) is 12.4. The van der Waals surface area contributed by atoms with E-state index in [1.54, 1.807) is 6.07 Å². The Balaban J connectivity index is 1.39. The molecule has 0 bridgehead atoms. The molecule has 2 aliphatic heterocycles. The minimum atomic E-state index is -0.322. The number of carbonyl (C=O) groups excluding carboxylic acids is 1. The predicted molar refractivity (Wildman–Crippen MR) is 127 cm³/mol. The molecule has 2 aliphatic rings. The van der Waals surface area contributed by atoms with Gasteiger partial charge in [0.05, 0.1) is 10.5 Å². The third-order valence-electron chi connectivity index (χ3n) is 5.66. The van der Waals surface area contributed by atoms with Gasteiger partial charge in [0.25, 0.3) is 5.91 Å². The summed E-state index contributed by atoms with van der Waals surface area (Å²) in [4.78, 5) is 19.5. The van der Waals surface area contributed by atoms with E-state index in [1.807, 2.05) is 11.0 Å². The van der Waals surface area contributed by atoms with Gasteiger partial charge >= 0.3 is 0 Å². The van der Waals surface area contributed by atoms with E-state index in [0.717, 1.165) is 32.4 Å². The number of aliphatic imine (C=N–C) groups is 1. The highest BCUT2D eigenvalue weighted by molar-refractivity contribution is 9.11. The van der Waals surface area contributed by atoms with Gasteiger partial charge in [-0.1, -0.05) is 42.1 Å². The highest BCUT2D eigenvalue weighted by atomic mass is 79.9. The lowest BCUT2D eigenvalue weighted by Crippen LogP contribution is -2.41. The van der Waals surface area contributed by atoms with Gasteiger partial charge in [-0.2, -0.15) is 0 Å². The van der Waals surface area contributed by atoms with Crippen LogP contribution in [0.25, 0.3) is 0 Å². The molecule has 0 aliphatic carbocycles. The zero-order valence-corrected chi connectivity index (χ0v) is 20.2. The number of phenols is 2. The molecule has 2 aromatic rings. The molecule has 2 N–H and O–H groups in total. The van der Waals surface area contributed by atoms with Crippen molar-refractivity contribution in [2.24, 2.45) is 10.9 Å². The number of benzene rings is 2. The first kappa shape index (κ1) is 21.7. The summed E-state index contributed by atoms with van der Waals surface area (Å²) < 4.78 is 0.704. The van der Waals surface area contributed by atoms with Crippen molar-refractivity contribution in [2.45, 2.75) is 25.3 Å². The van der Waals surface area contributed by atoms with Crippen molar-refractivity contribution in [3.8, 4) is 11.5 Å². The zero-order valence-electron chi connectivity index (χ0n) is 16.2. The summed E-state index contributed by atoms with van der Waals surface area (Å²) in [6.45, 7) is 1.50. The molecule has 30 heavy (non-hydrogen) atoms. The summed E-state index contributed by atoms with van der Waals surface area (Å²) >= 11 is 7.93. The number of nitrogens with zero attached hydrogens (tertiary/aromatic N) is 2. The number of amides is 1. The van der Waals surface area contributed by atoms with Crippen LogP contribution >= 0.6 is 43.6 Å². The lowest BCUT2D eigenvalue weighted by molar-refractivity contribution is -0.125. The molecular weight excluding hydrogens is 532 g/mol. The normalized spacial score (nSPS) is 19.7. The SMILES string of the molecule is O=C(C1=NC(c2cc(Br)c(O)c(Br)c2O)CS1)N1CCC(Cc2ccccc2)CC1. The molecular formula is C22H22Br2N2O3S. The van der Waals surface area contributed by atoms with Crippen LogP contribution in [0.4, 0.5) is 0 Å². The molecule has 0 saturated carbocycles. The number of aromatic hydroxyl groups is 2. The molecule has 1 atom stereocenters. The number of likely N-dealkylation sites (tertiary alicyclic amines) is 1. The number of hydrogen-bond acceptors (Lipinski definition) is 5. The maximum atomic E-state index is 13.0. The standard InChI is InChI=1S/C22H22Br2N2O3S/c23-16-11-15(19(27)18(24)20(16)28)17-12-30-21(25-17)22(29)26-8-6-14(7-9-26)10-13-4-2-1-3-5-13/h1-5,11,14,17,27-28H,6-10,12H2. The first-order chi connectivity index (χ1) is 14.4. The van der Waals surface area contributed by atoms with Crippen LogP contribution in [-0.4, -0.2) is 44.9 Å². The van der Waals surface area contributed by atoms with Gasteiger partial charge in [-0.05, 0) is 68.7 Å². The molecule has 1 fully saturated rings. The van der Waals surface area contributed by atoms with E-state index < -0.39 is 0 Å². The number of rotatable bonds is 4. The van der Waals surface area contributed by atoms with Crippen LogP contribution in [0, 0.1) is 5.92 Å². The zero-order chi connectivity index (χ0) is 21.3. The number of hydrogen-bond donors (Lipinski definition) is 2. The Hall–Kier alpha value is -1.51. The molecule has 1 unspecified atom stereocenters. The minimum Gasteiger partial charge on any atom is -0.506 e. The van der Waals surface area contributed by atoms with Crippen molar-refractivity contribution in [3.05, 3.63) is 56.5 Å². The lowest BCUT2D eigenvalue weighted by Gasteiger charge is -2.32. The number of phenolic OH excluding ortho intramolecular Hbond substituents is 2. The Morgan fingerprint density at radius 1 is 1.13 bits per heavy atom. The first-order valence-electron chi connectivity index (χ1n) is 9.87. The fourth-order valence-corrected chi connectivity index (χ4v) is 6.12. The lowest BCUT2D eigenvalue weighted by atomic mass is 9.90. The average Bonchev–Trinajstić information content (AvgIpc) is 3.25. The van der Waals surface area contributed by atoms with Crippen LogP contribution in [-0.2, 0) is 11.2 Å². The molecule has 0 aromatic heterocycles. The van der Waals surface area contributed by atoms with Crippen LogP contribution in [0.3, 0.4) is 0 Å². The summed E-state index contributed by atoms with van der Waals surface area (Å²) in [5.41, 5.74) is 1.94. The van der Waals surface area contributed by atoms with Crippen LogP contribution in [0.5, 0.6) is 11.5 Å². The fraction of sp³-hybridized carbons (Fsp3) is 0.364. The van der Waals surface area contributed by atoms with Gasteiger partial charge in [0.1, 0.15) is 16.0 Å². The second-order valence-electron chi connectivity index (χ2n) is 7.65. The maximum Gasteiger partial charge on any atom is 0.278 e. The maximum absolute atomic E-state index is 13.0. The molecule has 1 amide bonds. The summed E-state index contributed by atoms with van der Waals surface area (Å²) in [6.07, 6.45) is 3.06. The molecule has 0 spiro atoms. The van der Waals surface area contributed by atoms with Gasteiger partial charge < -0.3 is 15.1 Å². The van der Waals surface area contributed by atoms with Crippen molar-refractivity contribution in [1.82, 2.24) is 4.90 Å². The molecule has 8 heteroatoms. The largest absolute Gasteiger partial charge is 0.506 e. The van der Waals surface area contributed by atoms with E-state index in [9.17, 15) is 15.0 Å². The van der Waals surface area contributed by atoms with Gasteiger partial charge in [-0.25, -0.2) is 0 Å². The van der Waals surface area contributed by atoms with Crippen molar-refractivity contribution >= 4 is 54.6 Å². The number of carbonyl (C=O) groups is 1. The van der Waals surface area contributed by atoms with Crippen LogP contribution in [0.15, 0.2) is 50.3 Å². The van der Waals surface area contributed by atoms with E-state index in [0.29, 0.717) is 26.8 Å². The van der Waals surface area contributed by atoms with E-state index in [-0.39, 0.29) is 27.9 Å². The average molecular weight is 554 g/mol. The summed E-state index contributed by atoms with van der Waals surface area (Å²) in [7, 11) is 0. The molecule has 5 nitrogen and oxygen atoms in total. The van der Waals surface area contributed by atoms with Crippen LogP contribution < -0.4 is 0 Å². The number of piperidine rings is 1. The predicted octanol–water partition coefficient (Wildman–Crippen LogP) is 5.29. The highest BCUT2D eigenvalue weighted by Gasteiger charge is 2.32. The Kier molecular flexibility index (Phi) is 6.75. The summed E-state index contributed by atoms with van der Waals surface area (Å²) in [6, 6.07) is 11.8. The molecule has 158 valence electrons. The van der Waals surface area contributed by atoms with Gasteiger partial charge in [-0.3, -0.25) is 9.79 Å². The Morgan fingerprint density at radius 3 is 2.53 bits per heavy atom. The van der Waals surface area contributed by atoms with E-state index in [1.165, 1.54) is 17.3 Å². The van der Waals surface area contributed by atoms with Crippen molar-refractivity contribution < 1.29 is 15.0 Å². The number of thioether (sulfide) groups is 1. The van der Waals surface area contributed by atoms with Crippen molar-refractivity contribution in [3.63, 3.8) is 0 Å². The Bertz CT molecular complexity index is 976. The van der Waals surface area contributed by atoms with Crippen LogP contribution in [0.2, 0.25) is 0 Å². The van der Waals surface area contributed by atoms with E-state index >= 15 is 0 Å². The smallest absolute Gasteiger partial charge is 0.278 e. The monoisotopic (exact) mass is 552 g/mol. The Morgan fingerprint density at radius 2 is 1.83 bits per heavy atom. The number of halogens is 2. The van der Waals surface area contributed by atoms with Crippen LogP contribution in [0.1, 0.15) is 30.0 Å². The molecule has 0 radical (unpaired) electrons. The Labute approximate surface area is 196 Å². The fourth-order valence-electron chi connectivity index (χ4n) is 3.94. The summed E-state index contributed by atoms with van der Waals surface area (Å²) in [5, 5.41) is 20.8. The van der Waals surface area contributed by atoms with Gasteiger partial charge in [0, 0.05) is 24.4 Å². The topological polar surface area (TPSA) is 73.1 Å². The molecule has 4 rings (SSSR count). The second kappa shape index (κ2) is 9.32. The van der Waals surface area contributed by atoms with Gasteiger partial charge in [0.2, 0.25) is 0 Å².